The number of rotatable bonds is 6. The number of alkyl halides is 3. The average molecular weight is 471 g/mol. The number of amides is 2. The molecule has 170 valence electrons. The number of halogens is 5. The van der Waals surface area contributed by atoms with Crippen molar-refractivity contribution < 1.29 is 27.5 Å². The van der Waals surface area contributed by atoms with E-state index in [4.69, 9.17) is 11.6 Å². The Morgan fingerprint density at radius 2 is 1.97 bits per heavy atom. The fourth-order valence-corrected chi connectivity index (χ4v) is 3.13. The van der Waals surface area contributed by atoms with E-state index in [2.05, 4.69) is 10.4 Å². The molecular weight excluding hydrogens is 452 g/mol. The lowest BCUT2D eigenvalue weighted by Gasteiger charge is -2.23. The molecule has 1 aromatic heterocycles. The molecule has 3 aromatic rings. The van der Waals surface area contributed by atoms with E-state index in [1.54, 1.807) is 19.1 Å². The van der Waals surface area contributed by atoms with Gasteiger partial charge in [0.15, 0.2) is 5.69 Å². The van der Waals surface area contributed by atoms with Crippen LogP contribution in [0.3, 0.4) is 0 Å². The molecule has 3 rings (SSSR count). The quantitative estimate of drug-likeness (QED) is 0.497. The molecule has 32 heavy (non-hydrogen) atoms. The van der Waals surface area contributed by atoms with E-state index in [1.165, 1.54) is 24.3 Å². The maximum absolute atomic E-state index is 13.8. The van der Waals surface area contributed by atoms with E-state index in [0.717, 1.165) is 21.7 Å². The molecule has 0 radical (unpaired) electrons. The van der Waals surface area contributed by atoms with Crippen molar-refractivity contribution in [3.05, 3.63) is 76.3 Å². The second-order valence-corrected chi connectivity index (χ2v) is 7.39. The normalized spacial score (nSPS) is 11.5. The van der Waals surface area contributed by atoms with Crippen molar-refractivity contribution in [2.75, 3.05) is 18.5 Å². The number of benzene rings is 2. The van der Waals surface area contributed by atoms with Crippen molar-refractivity contribution in [3.63, 3.8) is 0 Å². The van der Waals surface area contributed by atoms with Crippen LogP contribution in [0.2, 0.25) is 5.02 Å². The third-order valence-corrected chi connectivity index (χ3v) is 4.79. The first kappa shape index (κ1) is 23.6. The molecule has 0 aliphatic rings. The summed E-state index contributed by atoms with van der Waals surface area (Å²) in [6.45, 7) is 0.639. The minimum Gasteiger partial charge on any atom is -0.395 e. The lowest BCUT2D eigenvalue weighted by atomic mass is 10.2. The Morgan fingerprint density at radius 1 is 1.22 bits per heavy atom. The Kier molecular flexibility index (Phi) is 7.05. The van der Waals surface area contributed by atoms with Crippen molar-refractivity contribution >= 4 is 23.3 Å². The van der Waals surface area contributed by atoms with Gasteiger partial charge in [-0.05, 0) is 48.9 Å². The fourth-order valence-electron chi connectivity index (χ4n) is 2.94. The van der Waals surface area contributed by atoms with Crippen LogP contribution in [0.5, 0.6) is 0 Å². The summed E-state index contributed by atoms with van der Waals surface area (Å²) >= 11 is 5.96. The minimum absolute atomic E-state index is 0.0401. The number of carbonyl (C=O) groups excluding carboxylic acids is 1. The van der Waals surface area contributed by atoms with Crippen molar-refractivity contribution in [1.82, 2.24) is 14.7 Å². The monoisotopic (exact) mass is 470 g/mol. The van der Waals surface area contributed by atoms with E-state index in [-0.39, 0.29) is 30.2 Å². The molecule has 2 N–H and O–H groups in total. The lowest BCUT2D eigenvalue weighted by molar-refractivity contribution is -0.141. The Labute approximate surface area is 186 Å². The summed E-state index contributed by atoms with van der Waals surface area (Å²) in [6, 6.07) is 10.3. The number of carbonyl (C=O) groups is 1. The average Bonchev–Trinajstić information content (AvgIpc) is 3.15. The van der Waals surface area contributed by atoms with Crippen LogP contribution in [0.1, 0.15) is 17.0 Å². The van der Waals surface area contributed by atoms with Gasteiger partial charge in [0.25, 0.3) is 0 Å². The summed E-state index contributed by atoms with van der Waals surface area (Å²) in [4.78, 5) is 13.8. The molecule has 6 nitrogen and oxygen atoms in total. The molecule has 0 fully saturated rings. The highest BCUT2D eigenvalue weighted by Crippen LogP contribution is 2.30. The van der Waals surface area contributed by atoms with Crippen LogP contribution in [-0.4, -0.2) is 39.0 Å². The van der Waals surface area contributed by atoms with Crippen molar-refractivity contribution in [2.45, 2.75) is 19.6 Å². The van der Waals surface area contributed by atoms with E-state index in [1.807, 2.05) is 0 Å². The van der Waals surface area contributed by atoms with Gasteiger partial charge in [-0.1, -0.05) is 23.7 Å². The standard InChI is InChI=1S/C21H19ClF4N4O2/c1-13-5-6-15(10-18(13)23)27-20(32)29(7-8-31)12-17-11-19(21(24,25)26)28-30(17)16-4-2-3-14(22)9-16/h2-6,9-11,31H,7-8,12H2,1H3,(H,27,32). The van der Waals surface area contributed by atoms with E-state index in [0.29, 0.717) is 10.6 Å². The number of aliphatic hydroxyl groups excluding tert-OH is 1. The molecule has 0 spiro atoms. The van der Waals surface area contributed by atoms with Gasteiger partial charge in [-0.25, -0.2) is 13.9 Å². The van der Waals surface area contributed by atoms with Gasteiger partial charge in [-0.2, -0.15) is 18.3 Å². The van der Waals surface area contributed by atoms with Gasteiger partial charge in [0, 0.05) is 17.3 Å². The molecule has 0 saturated carbocycles. The first-order valence-corrected chi connectivity index (χ1v) is 9.81. The molecule has 1 heterocycles. The van der Waals surface area contributed by atoms with Gasteiger partial charge in [-0.3, -0.25) is 0 Å². The summed E-state index contributed by atoms with van der Waals surface area (Å²) in [5.74, 6) is -0.523. The third-order valence-electron chi connectivity index (χ3n) is 4.56. The van der Waals surface area contributed by atoms with Gasteiger partial charge >= 0.3 is 12.2 Å². The van der Waals surface area contributed by atoms with Gasteiger partial charge in [-0.15, -0.1) is 0 Å². The van der Waals surface area contributed by atoms with Crippen LogP contribution >= 0.6 is 11.6 Å². The molecule has 11 heteroatoms. The molecule has 2 amide bonds. The molecular formula is C21H19ClF4N4O2. The molecule has 0 saturated heterocycles. The first-order chi connectivity index (χ1) is 15.1. The Bertz CT molecular complexity index is 1120. The van der Waals surface area contributed by atoms with Crippen LogP contribution in [0, 0.1) is 12.7 Å². The SMILES string of the molecule is Cc1ccc(NC(=O)N(CCO)Cc2cc(C(F)(F)F)nn2-c2cccc(Cl)c2)cc1F. The molecule has 0 atom stereocenters. The first-order valence-electron chi connectivity index (χ1n) is 9.43. The van der Waals surface area contributed by atoms with E-state index in [9.17, 15) is 27.5 Å². The second-order valence-electron chi connectivity index (χ2n) is 6.95. The van der Waals surface area contributed by atoms with Crippen LogP contribution in [0.4, 0.5) is 28.0 Å². The molecule has 0 bridgehead atoms. The molecule has 2 aromatic carbocycles. The van der Waals surface area contributed by atoms with Crippen molar-refractivity contribution in [2.24, 2.45) is 0 Å². The summed E-state index contributed by atoms with van der Waals surface area (Å²) in [5.41, 5.74) is -0.274. The van der Waals surface area contributed by atoms with Crippen LogP contribution in [0.15, 0.2) is 48.5 Å². The number of hydrogen-bond acceptors (Lipinski definition) is 3. The zero-order chi connectivity index (χ0) is 23.5. The summed E-state index contributed by atoms with van der Waals surface area (Å²) in [7, 11) is 0. The maximum Gasteiger partial charge on any atom is 0.435 e. The zero-order valence-electron chi connectivity index (χ0n) is 16.8. The highest BCUT2D eigenvalue weighted by molar-refractivity contribution is 6.30. The number of aryl methyl sites for hydroxylation is 1. The highest BCUT2D eigenvalue weighted by atomic mass is 35.5. The number of urea groups is 1. The Morgan fingerprint density at radius 3 is 2.59 bits per heavy atom. The highest BCUT2D eigenvalue weighted by Gasteiger charge is 2.35. The van der Waals surface area contributed by atoms with Crippen molar-refractivity contribution in [1.29, 1.82) is 0 Å². The summed E-state index contributed by atoms with van der Waals surface area (Å²) in [5, 5.41) is 15.8. The molecule has 0 unspecified atom stereocenters. The van der Waals surface area contributed by atoms with Gasteiger partial charge in [0.1, 0.15) is 5.82 Å². The predicted octanol–water partition coefficient (Wildman–Crippen LogP) is 5.02. The number of aromatic nitrogens is 2. The fraction of sp³-hybridized carbons (Fsp3) is 0.238. The van der Waals surface area contributed by atoms with E-state index >= 15 is 0 Å². The lowest BCUT2D eigenvalue weighted by Crippen LogP contribution is -2.37. The predicted molar refractivity (Wildman–Crippen MR) is 111 cm³/mol. The maximum atomic E-state index is 13.8. The van der Waals surface area contributed by atoms with Gasteiger partial charge in [0.05, 0.1) is 24.5 Å². The number of hydrogen-bond donors (Lipinski definition) is 2. The van der Waals surface area contributed by atoms with Crippen LogP contribution < -0.4 is 5.32 Å². The van der Waals surface area contributed by atoms with Crippen molar-refractivity contribution in [3.8, 4) is 5.69 Å². The number of nitrogens with zero attached hydrogens (tertiary/aromatic N) is 3. The van der Waals surface area contributed by atoms with Gasteiger partial charge in [0.2, 0.25) is 0 Å². The zero-order valence-corrected chi connectivity index (χ0v) is 17.6. The Hall–Kier alpha value is -3.11. The minimum atomic E-state index is -4.71. The third kappa shape index (κ3) is 5.57. The Balaban J connectivity index is 1.92. The van der Waals surface area contributed by atoms with Crippen LogP contribution in [0.25, 0.3) is 5.69 Å². The van der Waals surface area contributed by atoms with E-state index < -0.39 is 30.3 Å². The summed E-state index contributed by atoms with van der Waals surface area (Å²) in [6.07, 6.45) is -4.71. The molecule has 0 aliphatic heterocycles. The van der Waals surface area contributed by atoms with Gasteiger partial charge < -0.3 is 15.3 Å². The smallest absolute Gasteiger partial charge is 0.395 e. The number of aliphatic hydroxyl groups is 1. The summed E-state index contributed by atoms with van der Waals surface area (Å²) < 4.78 is 54.7. The topological polar surface area (TPSA) is 70.4 Å². The molecule has 0 aliphatic carbocycles. The largest absolute Gasteiger partial charge is 0.435 e. The number of anilines is 1. The van der Waals surface area contributed by atoms with Crippen LogP contribution in [-0.2, 0) is 12.7 Å². The second kappa shape index (κ2) is 9.58. The number of nitrogens with one attached hydrogen (secondary N) is 1.